The summed E-state index contributed by atoms with van der Waals surface area (Å²) in [5, 5.41) is 12.8. The monoisotopic (exact) mass is 392 g/mol. The number of carbonyl (C=O) groups is 1. The van der Waals surface area contributed by atoms with Gasteiger partial charge in [0.2, 0.25) is 0 Å². The molecule has 0 saturated heterocycles. The van der Waals surface area contributed by atoms with Crippen molar-refractivity contribution in [3.8, 4) is 5.75 Å². The van der Waals surface area contributed by atoms with Crippen molar-refractivity contribution in [3.05, 3.63) is 63.2 Å². The van der Waals surface area contributed by atoms with E-state index < -0.39 is 34.8 Å². The molecule has 2 aromatic rings. The van der Waals surface area contributed by atoms with Crippen molar-refractivity contribution in [3.63, 3.8) is 0 Å². The summed E-state index contributed by atoms with van der Waals surface area (Å²) in [5.74, 6) is -1.69. The molecule has 138 valence electrons. The summed E-state index contributed by atoms with van der Waals surface area (Å²) < 4.78 is 54.8. The Hall–Kier alpha value is -2.88. The Labute approximate surface area is 148 Å². The van der Waals surface area contributed by atoms with Crippen LogP contribution in [0.3, 0.4) is 0 Å². The van der Waals surface area contributed by atoms with Crippen LogP contribution < -0.4 is 10.1 Å². The van der Waals surface area contributed by atoms with E-state index >= 15 is 0 Å². The molecule has 2 rings (SSSR count). The minimum Gasteiger partial charge on any atom is -0.426 e. The quantitative estimate of drug-likeness (QED) is 0.437. The molecule has 0 radical (unpaired) electrons. The lowest BCUT2D eigenvalue weighted by Crippen LogP contribution is -2.33. The van der Waals surface area contributed by atoms with Crippen molar-refractivity contribution in [2.45, 2.75) is 12.5 Å². The van der Waals surface area contributed by atoms with Crippen LogP contribution in [-0.4, -0.2) is 23.4 Å². The number of benzene rings is 2. The van der Waals surface area contributed by atoms with Gasteiger partial charge in [0.25, 0.3) is 11.6 Å². The molecule has 0 aliphatic heterocycles. The lowest BCUT2D eigenvalue weighted by atomic mass is 10.1. The van der Waals surface area contributed by atoms with E-state index in [-0.39, 0.29) is 16.3 Å². The van der Waals surface area contributed by atoms with Gasteiger partial charge in [-0.25, -0.2) is 0 Å². The van der Waals surface area contributed by atoms with Crippen molar-refractivity contribution >= 4 is 28.9 Å². The van der Waals surface area contributed by atoms with Gasteiger partial charge in [-0.2, -0.15) is 17.6 Å². The van der Waals surface area contributed by atoms with Crippen LogP contribution in [0.15, 0.2) is 42.5 Å². The Morgan fingerprint density at radius 3 is 2.50 bits per heavy atom. The van der Waals surface area contributed by atoms with Gasteiger partial charge >= 0.3 is 12.5 Å². The fourth-order valence-electron chi connectivity index (χ4n) is 1.84. The van der Waals surface area contributed by atoms with E-state index in [4.69, 9.17) is 11.6 Å². The van der Waals surface area contributed by atoms with E-state index in [2.05, 4.69) is 10.1 Å². The average Bonchev–Trinajstić information content (AvgIpc) is 2.56. The number of carbonyl (C=O) groups excluding carboxylic acids is 1. The molecule has 1 amide bonds. The molecule has 0 heterocycles. The lowest BCUT2D eigenvalue weighted by Gasteiger charge is -2.19. The number of rotatable bonds is 6. The van der Waals surface area contributed by atoms with Gasteiger partial charge < -0.3 is 10.1 Å². The Balaban J connectivity index is 2.31. The zero-order valence-electron chi connectivity index (χ0n) is 12.6. The third kappa shape index (κ3) is 4.39. The number of anilines is 1. The van der Waals surface area contributed by atoms with Crippen molar-refractivity contribution in [1.82, 2.24) is 0 Å². The molecule has 1 N–H and O–H groups in total. The molecule has 6 nitrogen and oxygen atoms in total. The van der Waals surface area contributed by atoms with Crippen molar-refractivity contribution in [1.29, 1.82) is 0 Å². The number of alkyl halides is 4. The van der Waals surface area contributed by atoms with E-state index in [1.165, 1.54) is 12.1 Å². The number of non-ortho nitro benzene ring substituents is 1. The van der Waals surface area contributed by atoms with E-state index in [9.17, 15) is 32.5 Å². The molecule has 0 fully saturated rings. The second kappa shape index (κ2) is 7.56. The highest BCUT2D eigenvalue weighted by Gasteiger charge is 2.44. The molecule has 0 spiro atoms. The van der Waals surface area contributed by atoms with Crippen molar-refractivity contribution in [2.75, 3.05) is 5.32 Å². The van der Waals surface area contributed by atoms with Gasteiger partial charge in [0, 0.05) is 12.1 Å². The molecular weight excluding hydrogens is 384 g/mol. The number of nitro benzene ring substituents is 1. The van der Waals surface area contributed by atoms with Gasteiger partial charge in [-0.15, -0.1) is 0 Å². The molecule has 0 aromatic heterocycles. The summed E-state index contributed by atoms with van der Waals surface area (Å²) >= 11 is 5.82. The maximum Gasteiger partial charge on any atom is 0.461 e. The van der Waals surface area contributed by atoms with Crippen LogP contribution in [0.1, 0.15) is 10.4 Å². The topological polar surface area (TPSA) is 81.5 Å². The molecule has 0 unspecified atom stereocenters. The summed E-state index contributed by atoms with van der Waals surface area (Å²) in [6.07, 6.45) is -8.86. The Morgan fingerprint density at radius 1 is 1.23 bits per heavy atom. The fourth-order valence-corrected chi connectivity index (χ4v) is 2.04. The molecule has 0 saturated carbocycles. The molecule has 11 heteroatoms. The molecule has 2 aromatic carbocycles. The predicted octanol–water partition coefficient (Wildman–Crippen LogP) is 4.74. The normalized spacial score (nSPS) is 11.3. The molecular formula is C15H9ClF4N2O4. The van der Waals surface area contributed by atoms with Crippen molar-refractivity contribution in [2.24, 2.45) is 0 Å². The number of halogens is 5. The number of nitro groups is 1. The summed E-state index contributed by atoms with van der Waals surface area (Å²) in [6.45, 7) is 0. The second-order valence-electron chi connectivity index (χ2n) is 4.84. The predicted molar refractivity (Wildman–Crippen MR) is 84.1 cm³/mol. The number of hydrogen-bond acceptors (Lipinski definition) is 4. The Kier molecular flexibility index (Phi) is 5.66. The number of hydrogen-bond donors (Lipinski definition) is 1. The summed E-state index contributed by atoms with van der Waals surface area (Å²) in [7, 11) is 0. The van der Waals surface area contributed by atoms with E-state index in [1.807, 2.05) is 0 Å². The molecule has 0 bridgehead atoms. The largest absolute Gasteiger partial charge is 0.461 e. The Morgan fingerprint density at radius 2 is 1.88 bits per heavy atom. The Bertz CT molecular complexity index is 848. The fraction of sp³-hybridized carbons (Fsp3) is 0.133. The van der Waals surface area contributed by atoms with E-state index in [0.717, 1.165) is 30.3 Å². The van der Waals surface area contributed by atoms with Gasteiger partial charge in [0.1, 0.15) is 5.75 Å². The average molecular weight is 393 g/mol. The zero-order chi connectivity index (χ0) is 19.5. The third-order valence-electron chi connectivity index (χ3n) is 3.04. The highest BCUT2D eigenvalue weighted by atomic mass is 35.5. The lowest BCUT2D eigenvalue weighted by molar-refractivity contribution is -0.384. The molecule has 26 heavy (non-hydrogen) atoms. The number of amides is 1. The number of nitrogens with zero attached hydrogens (tertiary/aromatic N) is 1. The van der Waals surface area contributed by atoms with Gasteiger partial charge in [-0.05, 0) is 18.2 Å². The number of ether oxygens (including phenoxy) is 1. The van der Waals surface area contributed by atoms with Crippen LogP contribution in [0.25, 0.3) is 0 Å². The molecule has 0 aliphatic rings. The van der Waals surface area contributed by atoms with E-state index in [1.54, 1.807) is 0 Å². The van der Waals surface area contributed by atoms with Crippen LogP contribution in [0.4, 0.5) is 28.9 Å². The first-order chi connectivity index (χ1) is 12.1. The zero-order valence-corrected chi connectivity index (χ0v) is 13.3. The van der Waals surface area contributed by atoms with Gasteiger partial charge in [-0.3, -0.25) is 14.9 Å². The smallest absolute Gasteiger partial charge is 0.426 e. The van der Waals surface area contributed by atoms with Crippen LogP contribution in [0.2, 0.25) is 5.02 Å². The van der Waals surface area contributed by atoms with Crippen LogP contribution in [-0.2, 0) is 0 Å². The molecule has 0 atom stereocenters. The maximum absolute atomic E-state index is 13.1. The molecule has 0 aliphatic carbocycles. The SMILES string of the molecule is O=C(Nc1ccccc1OC(F)(F)C(F)F)c1cc([N+](=O)[O-])ccc1Cl. The standard InChI is InChI=1S/C15H9ClF4N2O4/c16-10-6-5-8(22(24)25)7-9(10)13(23)21-11-3-1-2-4-12(11)26-15(19,20)14(17)18/h1-7,14H,(H,21,23). The van der Waals surface area contributed by atoms with Gasteiger partial charge in [0.15, 0.2) is 0 Å². The minimum absolute atomic E-state index is 0.135. The summed E-state index contributed by atoms with van der Waals surface area (Å²) in [5.41, 5.74) is -1.08. The highest BCUT2D eigenvalue weighted by Crippen LogP contribution is 2.33. The number of nitrogens with one attached hydrogen (secondary N) is 1. The van der Waals surface area contributed by atoms with Gasteiger partial charge in [-0.1, -0.05) is 23.7 Å². The third-order valence-corrected chi connectivity index (χ3v) is 3.37. The van der Waals surface area contributed by atoms with Crippen molar-refractivity contribution < 1.29 is 32.0 Å². The van der Waals surface area contributed by atoms with Gasteiger partial charge in [0.05, 0.1) is 21.2 Å². The second-order valence-corrected chi connectivity index (χ2v) is 5.24. The minimum atomic E-state index is -4.77. The summed E-state index contributed by atoms with van der Waals surface area (Å²) in [6, 6.07) is 7.70. The highest BCUT2D eigenvalue weighted by molar-refractivity contribution is 6.34. The maximum atomic E-state index is 13.1. The first-order valence-electron chi connectivity index (χ1n) is 6.81. The first-order valence-corrected chi connectivity index (χ1v) is 7.19. The number of para-hydroxylation sites is 2. The summed E-state index contributed by atoms with van der Waals surface area (Å²) in [4.78, 5) is 22.3. The van der Waals surface area contributed by atoms with Crippen LogP contribution in [0, 0.1) is 10.1 Å². The van der Waals surface area contributed by atoms with Crippen LogP contribution in [0.5, 0.6) is 5.75 Å². The van der Waals surface area contributed by atoms with Crippen LogP contribution >= 0.6 is 11.6 Å². The first kappa shape index (κ1) is 19.4. The van der Waals surface area contributed by atoms with E-state index in [0.29, 0.717) is 0 Å².